The van der Waals surface area contributed by atoms with E-state index in [0.29, 0.717) is 6.42 Å². The SMILES string of the molecule is CC(=O)N1CCN(c2cccc(NC(=O)CCc3ccccc3)c2)CC1. The van der Waals surface area contributed by atoms with Gasteiger partial charge in [0, 0.05) is 50.9 Å². The molecule has 1 saturated heterocycles. The Morgan fingerprint density at radius 1 is 0.962 bits per heavy atom. The highest BCUT2D eigenvalue weighted by Gasteiger charge is 2.19. The van der Waals surface area contributed by atoms with Crippen molar-refractivity contribution >= 4 is 23.2 Å². The van der Waals surface area contributed by atoms with Crippen LogP contribution < -0.4 is 10.2 Å². The maximum Gasteiger partial charge on any atom is 0.224 e. The minimum Gasteiger partial charge on any atom is -0.368 e. The van der Waals surface area contributed by atoms with Crippen LogP contribution in [0.4, 0.5) is 11.4 Å². The number of carbonyl (C=O) groups excluding carboxylic acids is 2. The Balaban J connectivity index is 1.54. The Bertz CT molecular complexity index is 753. The number of benzene rings is 2. The summed E-state index contributed by atoms with van der Waals surface area (Å²) in [6.07, 6.45) is 1.20. The second-order valence-corrected chi connectivity index (χ2v) is 6.58. The van der Waals surface area contributed by atoms with Gasteiger partial charge >= 0.3 is 0 Å². The molecule has 0 unspecified atom stereocenters. The Morgan fingerprint density at radius 3 is 2.38 bits per heavy atom. The molecule has 5 nitrogen and oxygen atoms in total. The number of hydrogen-bond acceptors (Lipinski definition) is 3. The van der Waals surface area contributed by atoms with Crippen molar-refractivity contribution in [2.45, 2.75) is 19.8 Å². The average Bonchev–Trinajstić information content (AvgIpc) is 2.67. The number of nitrogens with zero attached hydrogens (tertiary/aromatic N) is 2. The summed E-state index contributed by atoms with van der Waals surface area (Å²) in [6.45, 7) is 4.71. The van der Waals surface area contributed by atoms with E-state index in [1.54, 1.807) is 6.92 Å². The molecule has 1 heterocycles. The van der Waals surface area contributed by atoms with Gasteiger partial charge in [0.15, 0.2) is 0 Å². The normalized spacial score (nSPS) is 14.2. The molecule has 2 amide bonds. The molecule has 0 aliphatic carbocycles. The minimum atomic E-state index is 0.0207. The van der Waals surface area contributed by atoms with Crippen LogP contribution >= 0.6 is 0 Å². The number of amides is 2. The van der Waals surface area contributed by atoms with E-state index in [1.165, 1.54) is 5.56 Å². The van der Waals surface area contributed by atoms with Crippen molar-refractivity contribution in [3.63, 3.8) is 0 Å². The van der Waals surface area contributed by atoms with Crippen molar-refractivity contribution in [2.75, 3.05) is 36.4 Å². The smallest absolute Gasteiger partial charge is 0.224 e. The Kier molecular flexibility index (Phi) is 5.89. The largest absolute Gasteiger partial charge is 0.368 e. The van der Waals surface area contributed by atoms with E-state index in [4.69, 9.17) is 0 Å². The predicted octanol–water partition coefficient (Wildman–Crippen LogP) is 2.93. The van der Waals surface area contributed by atoms with Crippen molar-refractivity contribution in [1.29, 1.82) is 0 Å². The standard InChI is InChI=1S/C21H25N3O2/c1-17(25)23-12-14-24(15-13-23)20-9-5-8-19(16-20)22-21(26)11-10-18-6-3-2-4-7-18/h2-9,16H,10-15H2,1H3,(H,22,26). The van der Waals surface area contributed by atoms with Gasteiger partial charge in [-0.2, -0.15) is 0 Å². The van der Waals surface area contributed by atoms with Crippen molar-refractivity contribution in [3.05, 3.63) is 60.2 Å². The number of rotatable bonds is 5. The second-order valence-electron chi connectivity index (χ2n) is 6.58. The Labute approximate surface area is 154 Å². The Morgan fingerprint density at radius 2 is 1.69 bits per heavy atom. The zero-order chi connectivity index (χ0) is 18.4. The zero-order valence-electron chi connectivity index (χ0n) is 15.1. The van der Waals surface area contributed by atoms with Crippen molar-refractivity contribution < 1.29 is 9.59 Å². The molecule has 2 aromatic rings. The maximum absolute atomic E-state index is 12.2. The van der Waals surface area contributed by atoms with Crippen molar-refractivity contribution in [3.8, 4) is 0 Å². The van der Waals surface area contributed by atoms with Crippen LogP contribution in [0.15, 0.2) is 54.6 Å². The third kappa shape index (κ3) is 4.85. The van der Waals surface area contributed by atoms with E-state index >= 15 is 0 Å². The molecule has 2 aromatic carbocycles. The van der Waals surface area contributed by atoms with Gasteiger partial charge in [-0.1, -0.05) is 36.4 Å². The zero-order valence-corrected chi connectivity index (χ0v) is 15.1. The van der Waals surface area contributed by atoms with Gasteiger partial charge in [-0.25, -0.2) is 0 Å². The van der Waals surface area contributed by atoms with Crippen molar-refractivity contribution in [1.82, 2.24) is 4.90 Å². The fourth-order valence-corrected chi connectivity index (χ4v) is 3.19. The van der Waals surface area contributed by atoms with Crippen LogP contribution in [-0.4, -0.2) is 42.9 Å². The summed E-state index contributed by atoms with van der Waals surface area (Å²) in [5, 5.41) is 2.99. The molecule has 0 aromatic heterocycles. The number of nitrogens with one attached hydrogen (secondary N) is 1. The first kappa shape index (κ1) is 18.0. The van der Waals surface area contributed by atoms with Gasteiger partial charge in [-0.15, -0.1) is 0 Å². The first-order valence-corrected chi connectivity index (χ1v) is 9.06. The van der Waals surface area contributed by atoms with Gasteiger partial charge in [0.2, 0.25) is 11.8 Å². The average molecular weight is 351 g/mol. The third-order valence-corrected chi connectivity index (χ3v) is 4.70. The minimum absolute atomic E-state index is 0.0207. The molecule has 0 radical (unpaired) electrons. The number of hydrogen-bond donors (Lipinski definition) is 1. The van der Waals surface area contributed by atoms with E-state index in [2.05, 4.69) is 10.2 Å². The molecule has 0 bridgehead atoms. The fraction of sp³-hybridized carbons (Fsp3) is 0.333. The molecule has 0 atom stereocenters. The van der Waals surface area contributed by atoms with E-state index in [9.17, 15) is 9.59 Å². The second kappa shape index (κ2) is 8.52. The highest BCUT2D eigenvalue weighted by atomic mass is 16.2. The van der Waals surface area contributed by atoms with Crippen LogP contribution in [0.1, 0.15) is 18.9 Å². The highest BCUT2D eigenvalue weighted by Crippen LogP contribution is 2.21. The molecule has 5 heteroatoms. The molecule has 26 heavy (non-hydrogen) atoms. The number of carbonyl (C=O) groups is 2. The van der Waals surface area contributed by atoms with Crippen LogP contribution in [0.25, 0.3) is 0 Å². The van der Waals surface area contributed by atoms with Crippen LogP contribution in [0.3, 0.4) is 0 Å². The molecule has 0 saturated carbocycles. The van der Waals surface area contributed by atoms with E-state index in [-0.39, 0.29) is 11.8 Å². The monoisotopic (exact) mass is 351 g/mol. The summed E-state index contributed by atoms with van der Waals surface area (Å²) in [5.74, 6) is 0.150. The molecule has 136 valence electrons. The lowest BCUT2D eigenvalue weighted by Crippen LogP contribution is -2.48. The Hall–Kier alpha value is -2.82. The summed E-state index contributed by atoms with van der Waals surface area (Å²) in [5.41, 5.74) is 3.06. The van der Waals surface area contributed by atoms with Crippen LogP contribution in [0, 0.1) is 0 Å². The number of anilines is 2. The number of aryl methyl sites for hydroxylation is 1. The van der Waals surface area contributed by atoms with Crippen molar-refractivity contribution in [2.24, 2.45) is 0 Å². The van der Waals surface area contributed by atoms with Gasteiger partial charge in [0.05, 0.1) is 0 Å². The molecule has 3 rings (SSSR count). The molecule has 0 spiro atoms. The first-order valence-electron chi connectivity index (χ1n) is 9.06. The lowest BCUT2D eigenvalue weighted by Gasteiger charge is -2.35. The lowest BCUT2D eigenvalue weighted by atomic mass is 10.1. The van der Waals surface area contributed by atoms with Crippen LogP contribution in [0.5, 0.6) is 0 Å². The molecular weight excluding hydrogens is 326 g/mol. The van der Waals surface area contributed by atoms with Gasteiger partial charge in [0.25, 0.3) is 0 Å². The van der Waals surface area contributed by atoms with E-state index in [1.807, 2.05) is 59.5 Å². The van der Waals surface area contributed by atoms with Crippen LogP contribution in [-0.2, 0) is 16.0 Å². The fourth-order valence-electron chi connectivity index (χ4n) is 3.19. The molecule has 1 fully saturated rings. The molecular formula is C21H25N3O2. The summed E-state index contributed by atoms with van der Waals surface area (Å²) in [6, 6.07) is 17.9. The highest BCUT2D eigenvalue weighted by molar-refractivity contribution is 5.91. The third-order valence-electron chi connectivity index (χ3n) is 4.70. The van der Waals surface area contributed by atoms with E-state index < -0.39 is 0 Å². The summed E-state index contributed by atoms with van der Waals surface area (Å²) < 4.78 is 0. The molecule has 1 aliphatic heterocycles. The first-order chi connectivity index (χ1) is 12.6. The topological polar surface area (TPSA) is 52.7 Å². The summed E-state index contributed by atoms with van der Waals surface area (Å²) in [4.78, 5) is 27.8. The summed E-state index contributed by atoms with van der Waals surface area (Å²) in [7, 11) is 0. The lowest BCUT2D eigenvalue weighted by molar-refractivity contribution is -0.129. The number of piperazine rings is 1. The van der Waals surface area contributed by atoms with Crippen LogP contribution in [0.2, 0.25) is 0 Å². The predicted molar refractivity (Wildman–Crippen MR) is 104 cm³/mol. The van der Waals surface area contributed by atoms with Gasteiger partial charge in [-0.3, -0.25) is 9.59 Å². The van der Waals surface area contributed by atoms with Gasteiger partial charge < -0.3 is 15.1 Å². The van der Waals surface area contributed by atoms with E-state index in [0.717, 1.165) is 44.0 Å². The molecule has 1 N–H and O–H groups in total. The van der Waals surface area contributed by atoms with Gasteiger partial charge in [-0.05, 0) is 30.2 Å². The van der Waals surface area contributed by atoms with Gasteiger partial charge in [0.1, 0.15) is 0 Å². The molecule has 1 aliphatic rings. The maximum atomic E-state index is 12.2. The summed E-state index contributed by atoms with van der Waals surface area (Å²) >= 11 is 0. The quantitative estimate of drug-likeness (QED) is 0.901.